The number of hydrogen-bond acceptors (Lipinski definition) is 2. The Balaban J connectivity index is 2.82. The third kappa shape index (κ3) is 5.57. The molecule has 1 aromatic rings. The maximum atomic E-state index is 5.59. The molecule has 20 heavy (non-hydrogen) atoms. The van der Waals surface area contributed by atoms with Crippen LogP contribution in [0.4, 0.5) is 0 Å². The molecule has 0 bridgehead atoms. The van der Waals surface area contributed by atoms with E-state index in [1.54, 1.807) is 14.2 Å². The molecule has 0 saturated carbocycles. The zero-order chi connectivity index (χ0) is 14.8. The first-order chi connectivity index (χ1) is 9.76. The van der Waals surface area contributed by atoms with Gasteiger partial charge in [-0.3, -0.25) is 0 Å². The fraction of sp³-hybridized carbons (Fsp3) is 0.647. The van der Waals surface area contributed by atoms with Gasteiger partial charge in [0, 0.05) is 0 Å². The van der Waals surface area contributed by atoms with Crippen molar-refractivity contribution in [3.63, 3.8) is 0 Å². The Kier molecular flexibility index (Phi) is 9.21. The molecular formula is C17H28O2Se. The molecule has 0 aliphatic carbocycles. The molecule has 1 aromatic carbocycles. The van der Waals surface area contributed by atoms with Crippen molar-refractivity contribution >= 4 is 19.4 Å². The summed E-state index contributed by atoms with van der Waals surface area (Å²) in [6.45, 7) is 4.55. The first-order valence-electron chi connectivity index (χ1n) is 7.54. The van der Waals surface area contributed by atoms with Gasteiger partial charge in [-0.1, -0.05) is 0 Å². The molecular weight excluding hydrogens is 315 g/mol. The van der Waals surface area contributed by atoms with Gasteiger partial charge in [-0.05, 0) is 0 Å². The van der Waals surface area contributed by atoms with E-state index in [0.717, 1.165) is 0 Å². The molecule has 0 spiro atoms. The van der Waals surface area contributed by atoms with Gasteiger partial charge in [-0.2, -0.15) is 0 Å². The molecule has 0 heterocycles. The number of unbranched alkanes of at least 4 members (excludes halogenated alkanes) is 1. The van der Waals surface area contributed by atoms with Crippen LogP contribution in [0.5, 0.6) is 0 Å². The van der Waals surface area contributed by atoms with E-state index >= 15 is 0 Å². The van der Waals surface area contributed by atoms with Crippen LogP contribution in [0, 0.1) is 5.92 Å². The zero-order valence-corrected chi connectivity index (χ0v) is 14.9. The van der Waals surface area contributed by atoms with Crippen molar-refractivity contribution in [3.05, 3.63) is 30.3 Å². The van der Waals surface area contributed by atoms with Crippen LogP contribution in [0.2, 0.25) is 4.82 Å². The second-order valence-electron chi connectivity index (χ2n) is 5.05. The summed E-state index contributed by atoms with van der Waals surface area (Å²) >= 11 is 0.381. The third-order valence-electron chi connectivity index (χ3n) is 3.67. The number of ether oxygens (including phenoxy) is 2. The van der Waals surface area contributed by atoms with Crippen molar-refractivity contribution in [3.8, 4) is 0 Å². The molecule has 0 saturated heterocycles. The molecule has 0 aromatic heterocycles. The molecule has 2 nitrogen and oxygen atoms in total. The number of methoxy groups -OCH3 is 2. The summed E-state index contributed by atoms with van der Waals surface area (Å²) in [6, 6.07) is 10.8. The quantitative estimate of drug-likeness (QED) is 0.477. The van der Waals surface area contributed by atoms with E-state index in [2.05, 4.69) is 44.2 Å². The van der Waals surface area contributed by atoms with E-state index < -0.39 is 0 Å². The zero-order valence-electron chi connectivity index (χ0n) is 13.2. The van der Waals surface area contributed by atoms with E-state index in [1.165, 1.54) is 30.1 Å². The van der Waals surface area contributed by atoms with Crippen LogP contribution in [-0.4, -0.2) is 35.5 Å². The normalized spacial score (nSPS) is 14.4. The first-order valence-corrected chi connectivity index (χ1v) is 9.38. The summed E-state index contributed by atoms with van der Waals surface area (Å²) in [5.74, 6) is 0.681. The van der Waals surface area contributed by atoms with Crippen LogP contribution in [0.1, 0.15) is 39.5 Å². The summed E-state index contributed by atoms with van der Waals surface area (Å²) in [4.78, 5) is 0.483. The molecule has 2 unspecified atom stereocenters. The van der Waals surface area contributed by atoms with Crippen LogP contribution in [0.25, 0.3) is 0 Å². The minimum absolute atomic E-state index is 0.0861. The minimum atomic E-state index is -0.0861. The van der Waals surface area contributed by atoms with Crippen molar-refractivity contribution in [2.24, 2.45) is 5.92 Å². The van der Waals surface area contributed by atoms with Gasteiger partial charge in [0.1, 0.15) is 0 Å². The van der Waals surface area contributed by atoms with E-state index in [-0.39, 0.29) is 6.29 Å². The molecule has 1 rings (SSSR count). The Hall–Kier alpha value is -0.341. The van der Waals surface area contributed by atoms with E-state index in [9.17, 15) is 0 Å². The number of benzene rings is 1. The standard InChI is InChI=1S/C17H28O2Se/c1-5-7-11-14(6-2)16(17(18-3)19-4)20-15-12-9-8-10-13-15/h8-10,12-14,16-17H,5-7,11H2,1-4H3. The molecule has 114 valence electrons. The summed E-state index contributed by atoms with van der Waals surface area (Å²) in [7, 11) is 3.52. The van der Waals surface area contributed by atoms with E-state index in [0.29, 0.717) is 25.7 Å². The summed E-state index contributed by atoms with van der Waals surface area (Å²) in [5, 5.41) is 0. The van der Waals surface area contributed by atoms with Crippen molar-refractivity contribution < 1.29 is 9.47 Å². The van der Waals surface area contributed by atoms with Gasteiger partial charge < -0.3 is 0 Å². The Labute approximate surface area is 130 Å². The van der Waals surface area contributed by atoms with Gasteiger partial charge in [0.05, 0.1) is 0 Å². The second-order valence-corrected chi connectivity index (χ2v) is 7.67. The predicted octanol–water partition coefficient (Wildman–Crippen LogP) is 3.64. The molecule has 3 heteroatoms. The Morgan fingerprint density at radius 2 is 1.70 bits per heavy atom. The van der Waals surface area contributed by atoms with Gasteiger partial charge in [0.15, 0.2) is 0 Å². The topological polar surface area (TPSA) is 18.5 Å². The second kappa shape index (κ2) is 10.4. The fourth-order valence-electron chi connectivity index (χ4n) is 2.46. The fourth-order valence-corrected chi connectivity index (χ4v) is 5.57. The van der Waals surface area contributed by atoms with Crippen molar-refractivity contribution in [2.75, 3.05) is 14.2 Å². The van der Waals surface area contributed by atoms with Crippen LogP contribution in [0.3, 0.4) is 0 Å². The average Bonchev–Trinajstić information content (AvgIpc) is 2.50. The number of hydrogen-bond donors (Lipinski definition) is 0. The predicted molar refractivity (Wildman–Crippen MR) is 86.7 cm³/mol. The van der Waals surface area contributed by atoms with Gasteiger partial charge in [-0.25, -0.2) is 0 Å². The SMILES string of the molecule is CCCCC(CC)C([Se]c1ccccc1)C(OC)OC. The van der Waals surface area contributed by atoms with Gasteiger partial charge in [0.2, 0.25) is 0 Å². The Bertz CT molecular complexity index is 338. The van der Waals surface area contributed by atoms with Crippen molar-refractivity contribution in [1.29, 1.82) is 0 Å². The molecule has 0 radical (unpaired) electrons. The van der Waals surface area contributed by atoms with Crippen molar-refractivity contribution in [1.82, 2.24) is 0 Å². The van der Waals surface area contributed by atoms with Gasteiger partial charge in [0.25, 0.3) is 0 Å². The van der Waals surface area contributed by atoms with E-state index in [4.69, 9.17) is 9.47 Å². The Morgan fingerprint density at radius 1 is 1.05 bits per heavy atom. The monoisotopic (exact) mass is 344 g/mol. The maximum absolute atomic E-state index is 5.59. The Morgan fingerprint density at radius 3 is 2.20 bits per heavy atom. The van der Waals surface area contributed by atoms with Gasteiger partial charge >= 0.3 is 130 Å². The van der Waals surface area contributed by atoms with Crippen LogP contribution < -0.4 is 4.46 Å². The summed E-state index contributed by atoms with van der Waals surface area (Å²) in [5.41, 5.74) is 0. The van der Waals surface area contributed by atoms with Gasteiger partial charge in [-0.15, -0.1) is 0 Å². The summed E-state index contributed by atoms with van der Waals surface area (Å²) < 4.78 is 12.6. The molecule has 0 N–H and O–H groups in total. The first kappa shape index (κ1) is 17.7. The molecule has 0 aliphatic rings. The van der Waals surface area contributed by atoms with E-state index in [1.807, 2.05) is 0 Å². The van der Waals surface area contributed by atoms with Crippen LogP contribution in [-0.2, 0) is 9.47 Å². The molecule has 2 atom stereocenters. The van der Waals surface area contributed by atoms with Crippen molar-refractivity contribution in [2.45, 2.75) is 50.6 Å². The van der Waals surface area contributed by atoms with Crippen LogP contribution >= 0.6 is 0 Å². The molecule has 0 aliphatic heterocycles. The average molecular weight is 343 g/mol. The number of rotatable bonds is 10. The molecule has 0 amide bonds. The van der Waals surface area contributed by atoms with Crippen LogP contribution in [0.15, 0.2) is 30.3 Å². The summed E-state index contributed by atoms with van der Waals surface area (Å²) in [6.07, 6.45) is 4.93. The third-order valence-corrected chi connectivity index (χ3v) is 6.65. The molecule has 0 fully saturated rings.